The monoisotopic (exact) mass is 301 g/mol. The van der Waals surface area contributed by atoms with Crippen molar-refractivity contribution in [3.63, 3.8) is 0 Å². The van der Waals surface area contributed by atoms with Gasteiger partial charge in [0.1, 0.15) is 12.7 Å². The molecule has 0 amide bonds. The average molecular weight is 301 g/mol. The second kappa shape index (κ2) is 5.58. The van der Waals surface area contributed by atoms with Crippen LogP contribution in [0, 0.1) is 11.3 Å². The molecular formula is C18H15N5. The number of anilines is 1. The molecule has 5 nitrogen and oxygen atoms in total. The Bertz CT molecular complexity index is 846. The molecule has 5 heteroatoms. The predicted octanol–water partition coefficient (Wildman–Crippen LogP) is 3.30. The lowest BCUT2D eigenvalue weighted by molar-refractivity contribution is 0.446. The van der Waals surface area contributed by atoms with Gasteiger partial charge < -0.3 is 5.32 Å². The Morgan fingerprint density at radius 3 is 2.70 bits per heavy atom. The molecule has 2 aromatic carbocycles. The van der Waals surface area contributed by atoms with Gasteiger partial charge in [-0.25, -0.2) is 9.67 Å². The highest BCUT2D eigenvalue weighted by atomic mass is 15.3. The van der Waals surface area contributed by atoms with Gasteiger partial charge in [0.25, 0.3) is 0 Å². The highest BCUT2D eigenvalue weighted by Gasteiger charge is 2.28. The third-order valence-corrected chi connectivity index (χ3v) is 4.31. The van der Waals surface area contributed by atoms with Crippen LogP contribution in [0.2, 0.25) is 0 Å². The molecule has 2 unspecified atom stereocenters. The molecule has 0 fully saturated rings. The summed E-state index contributed by atoms with van der Waals surface area (Å²) in [7, 11) is 0. The SMILES string of the molecule is N#Cc1ccc(C2CC(n3cncn3)c3ccccc3N2)cc1. The number of nitrogens with zero attached hydrogens (tertiary/aromatic N) is 4. The summed E-state index contributed by atoms with van der Waals surface area (Å²) >= 11 is 0. The van der Waals surface area contributed by atoms with Gasteiger partial charge in [-0.1, -0.05) is 30.3 Å². The van der Waals surface area contributed by atoms with E-state index < -0.39 is 0 Å². The first kappa shape index (κ1) is 13.5. The number of hydrogen-bond donors (Lipinski definition) is 1. The highest BCUT2D eigenvalue weighted by Crippen LogP contribution is 2.40. The first-order valence-electron chi connectivity index (χ1n) is 7.55. The summed E-state index contributed by atoms with van der Waals surface area (Å²) in [5.74, 6) is 0. The third-order valence-electron chi connectivity index (χ3n) is 4.31. The third kappa shape index (κ3) is 2.44. The van der Waals surface area contributed by atoms with Gasteiger partial charge in [0.05, 0.1) is 23.7 Å². The van der Waals surface area contributed by atoms with Crippen molar-refractivity contribution >= 4 is 5.69 Å². The fourth-order valence-electron chi connectivity index (χ4n) is 3.15. The molecule has 2 heterocycles. The molecule has 4 rings (SSSR count). The number of nitrogens with one attached hydrogen (secondary N) is 1. The number of benzene rings is 2. The highest BCUT2D eigenvalue weighted by molar-refractivity contribution is 5.57. The number of nitriles is 1. The van der Waals surface area contributed by atoms with Gasteiger partial charge in [-0.2, -0.15) is 10.4 Å². The Hall–Kier alpha value is -3.13. The maximum absolute atomic E-state index is 8.95. The minimum atomic E-state index is 0.149. The molecule has 0 spiro atoms. The molecule has 0 saturated heterocycles. The van der Waals surface area contributed by atoms with Crippen LogP contribution < -0.4 is 5.32 Å². The van der Waals surface area contributed by atoms with E-state index in [1.807, 2.05) is 41.1 Å². The van der Waals surface area contributed by atoms with Crippen molar-refractivity contribution in [2.24, 2.45) is 0 Å². The Balaban J connectivity index is 1.73. The number of aromatic nitrogens is 3. The minimum Gasteiger partial charge on any atom is -0.378 e. The van der Waals surface area contributed by atoms with Gasteiger partial charge >= 0.3 is 0 Å². The molecule has 1 aromatic heterocycles. The molecule has 0 saturated carbocycles. The van der Waals surface area contributed by atoms with E-state index in [0.717, 1.165) is 12.1 Å². The van der Waals surface area contributed by atoms with Crippen LogP contribution in [0.5, 0.6) is 0 Å². The fraction of sp³-hybridized carbons (Fsp3) is 0.167. The number of hydrogen-bond acceptors (Lipinski definition) is 4. The lowest BCUT2D eigenvalue weighted by Crippen LogP contribution is -2.25. The van der Waals surface area contributed by atoms with Crippen LogP contribution >= 0.6 is 0 Å². The number of rotatable bonds is 2. The fourth-order valence-corrected chi connectivity index (χ4v) is 3.15. The predicted molar refractivity (Wildman–Crippen MR) is 86.7 cm³/mol. The van der Waals surface area contributed by atoms with Crippen molar-refractivity contribution in [3.8, 4) is 6.07 Å². The van der Waals surface area contributed by atoms with Crippen molar-refractivity contribution in [1.29, 1.82) is 5.26 Å². The molecular weight excluding hydrogens is 286 g/mol. The summed E-state index contributed by atoms with van der Waals surface area (Å²) in [6.07, 6.45) is 4.22. The Labute approximate surface area is 134 Å². The second-order valence-corrected chi connectivity index (χ2v) is 5.64. The number of para-hydroxylation sites is 1. The van der Waals surface area contributed by atoms with Gasteiger partial charge in [-0.15, -0.1) is 0 Å². The van der Waals surface area contributed by atoms with Crippen LogP contribution in [0.25, 0.3) is 0 Å². The molecule has 1 N–H and O–H groups in total. The molecule has 1 aliphatic heterocycles. The zero-order chi connectivity index (χ0) is 15.6. The zero-order valence-electron chi connectivity index (χ0n) is 12.4. The minimum absolute atomic E-state index is 0.149. The van der Waals surface area contributed by atoms with Crippen molar-refractivity contribution in [2.45, 2.75) is 18.5 Å². The second-order valence-electron chi connectivity index (χ2n) is 5.64. The zero-order valence-corrected chi connectivity index (χ0v) is 12.4. The number of fused-ring (bicyclic) bond motifs is 1. The van der Waals surface area contributed by atoms with Crippen LogP contribution in [-0.2, 0) is 0 Å². The topological polar surface area (TPSA) is 66.5 Å². The van der Waals surface area contributed by atoms with E-state index in [1.165, 1.54) is 11.1 Å². The van der Waals surface area contributed by atoms with E-state index in [9.17, 15) is 0 Å². The quantitative estimate of drug-likeness (QED) is 0.788. The van der Waals surface area contributed by atoms with Gasteiger partial charge in [0, 0.05) is 5.69 Å². The normalized spacial score (nSPS) is 19.4. The maximum atomic E-state index is 8.95. The largest absolute Gasteiger partial charge is 0.378 e. The Kier molecular flexibility index (Phi) is 3.28. The maximum Gasteiger partial charge on any atom is 0.137 e. The van der Waals surface area contributed by atoms with Gasteiger partial charge in [0.2, 0.25) is 0 Å². The molecule has 0 radical (unpaired) electrons. The standard InChI is InChI=1S/C18H15N5/c19-10-13-5-7-14(8-6-13)17-9-18(23-12-20-11-21-23)15-3-1-2-4-16(15)22-17/h1-8,11-12,17-18,22H,9H2. The van der Waals surface area contributed by atoms with E-state index in [0.29, 0.717) is 5.56 Å². The van der Waals surface area contributed by atoms with E-state index in [2.05, 4.69) is 33.6 Å². The summed E-state index contributed by atoms with van der Waals surface area (Å²) in [4.78, 5) is 4.09. The van der Waals surface area contributed by atoms with Crippen molar-refractivity contribution in [3.05, 3.63) is 77.9 Å². The first-order valence-corrected chi connectivity index (χ1v) is 7.55. The van der Waals surface area contributed by atoms with Gasteiger partial charge in [0.15, 0.2) is 0 Å². The molecule has 23 heavy (non-hydrogen) atoms. The van der Waals surface area contributed by atoms with Crippen LogP contribution in [0.15, 0.2) is 61.2 Å². The summed E-state index contributed by atoms with van der Waals surface area (Å²) in [6.45, 7) is 0. The van der Waals surface area contributed by atoms with Crippen molar-refractivity contribution in [1.82, 2.24) is 14.8 Å². The molecule has 0 aliphatic carbocycles. The van der Waals surface area contributed by atoms with Crippen molar-refractivity contribution < 1.29 is 0 Å². The smallest absolute Gasteiger partial charge is 0.137 e. The Morgan fingerprint density at radius 1 is 1.13 bits per heavy atom. The lowest BCUT2D eigenvalue weighted by atomic mass is 9.89. The van der Waals surface area contributed by atoms with Crippen LogP contribution in [0.4, 0.5) is 5.69 Å². The van der Waals surface area contributed by atoms with E-state index in [4.69, 9.17) is 5.26 Å². The molecule has 2 atom stereocenters. The summed E-state index contributed by atoms with van der Waals surface area (Å²) in [5.41, 5.74) is 4.19. The lowest BCUT2D eigenvalue weighted by Gasteiger charge is -2.33. The van der Waals surface area contributed by atoms with E-state index >= 15 is 0 Å². The van der Waals surface area contributed by atoms with Crippen LogP contribution in [0.1, 0.15) is 35.2 Å². The molecule has 112 valence electrons. The van der Waals surface area contributed by atoms with Crippen LogP contribution in [0.3, 0.4) is 0 Å². The summed E-state index contributed by atoms with van der Waals surface area (Å²) in [5, 5.41) is 16.9. The van der Waals surface area contributed by atoms with E-state index in [-0.39, 0.29) is 12.1 Å². The Morgan fingerprint density at radius 2 is 1.96 bits per heavy atom. The van der Waals surface area contributed by atoms with Crippen LogP contribution in [-0.4, -0.2) is 14.8 Å². The molecule has 3 aromatic rings. The van der Waals surface area contributed by atoms with Gasteiger partial charge in [-0.3, -0.25) is 0 Å². The molecule has 0 bridgehead atoms. The van der Waals surface area contributed by atoms with Crippen molar-refractivity contribution in [2.75, 3.05) is 5.32 Å². The van der Waals surface area contributed by atoms with Gasteiger partial charge in [-0.05, 0) is 35.7 Å². The summed E-state index contributed by atoms with van der Waals surface area (Å²) < 4.78 is 1.91. The average Bonchev–Trinajstić information content (AvgIpc) is 3.15. The summed E-state index contributed by atoms with van der Waals surface area (Å²) in [6, 6.07) is 18.5. The van der Waals surface area contributed by atoms with E-state index in [1.54, 1.807) is 12.7 Å². The molecule has 1 aliphatic rings. The first-order chi connectivity index (χ1) is 11.3.